The summed E-state index contributed by atoms with van der Waals surface area (Å²) < 4.78 is 0. The molecule has 0 spiro atoms. The maximum Gasteiger partial charge on any atom is 0.134 e. The molecule has 0 aliphatic carbocycles. The zero-order chi connectivity index (χ0) is 10.7. The molecule has 0 rings (SSSR count). The lowest BCUT2D eigenvalue weighted by Crippen LogP contribution is -2.34. The Kier molecular flexibility index (Phi) is 4.11. The third-order valence-electron chi connectivity index (χ3n) is 1.81. The molecule has 0 aromatic heterocycles. The topological polar surface area (TPSA) is 43.1 Å². The minimum Gasteiger partial charge on any atom is -0.325 e. The average molecular weight is 185 g/mol. The van der Waals surface area contributed by atoms with Crippen LogP contribution in [0.15, 0.2) is 0 Å². The van der Waals surface area contributed by atoms with Crippen molar-refractivity contribution in [2.24, 2.45) is 11.1 Å². The van der Waals surface area contributed by atoms with Crippen molar-refractivity contribution in [1.82, 2.24) is 0 Å². The SMILES string of the molecule is CC(C)(C)CCC(=O)CC(C)(C)N. The van der Waals surface area contributed by atoms with Crippen molar-refractivity contribution < 1.29 is 4.79 Å². The second-order valence-electron chi connectivity index (χ2n) is 5.76. The lowest BCUT2D eigenvalue weighted by molar-refractivity contribution is -0.120. The summed E-state index contributed by atoms with van der Waals surface area (Å²) in [5.41, 5.74) is 5.65. The predicted molar refractivity (Wildman–Crippen MR) is 56.6 cm³/mol. The van der Waals surface area contributed by atoms with Crippen molar-refractivity contribution in [3.63, 3.8) is 0 Å². The largest absolute Gasteiger partial charge is 0.325 e. The molecule has 0 saturated heterocycles. The maximum absolute atomic E-state index is 11.4. The van der Waals surface area contributed by atoms with Crippen molar-refractivity contribution in [2.75, 3.05) is 0 Å². The van der Waals surface area contributed by atoms with Crippen molar-refractivity contribution >= 4 is 5.78 Å². The van der Waals surface area contributed by atoms with E-state index in [4.69, 9.17) is 5.73 Å². The van der Waals surface area contributed by atoms with E-state index in [1.807, 2.05) is 13.8 Å². The number of carbonyl (C=O) groups excluding carboxylic acids is 1. The quantitative estimate of drug-likeness (QED) is 0.731. The number of nitrogens with two attached hydrogens (primary N) is 1. The average Bonchev–Trinajstić information content (AvgIpc) is 1.78. The molecule has 0 aromatic rings. The van der Waals surface area contributed by atoms with Crippen LogP contribution in [0.25, 0.3) is 0 Å². The molecule has 0 bridgehead atoms. The second-order valence-corrected chi connectivity index (χ2v) is 5.76. The lowest BCUT2D eigenvalue weighted by atomic mass is 9.87. The molecule has 0 aliphatic heterocycles. The summed E-state index contributed by atoms with van der Waals surface area (Å²) in [6.45, 7) is 10.2. The normalized spacial score (nSPS) is 13.1. The summed E-state index contributed by atoms with van der Waals surface area (Å²) in [5.74, 6) is 0.280. The van der Waals surface area contributed by atoms with Crippen LogP contribution in [0.4, 0.5) is 0 Å². The third kappa shape index (κ3) is 9.54. The van der Waals surface area contributed by atoms with Gasteiger partial charge in [0.05, 0.1) is 0 Å². The first-order chi connectivity index (χ1) is 5.60. The van der Waals surface area contributed by atoms with Gasteiger partial charge >= 0.3 is 0 Å². The first-order valence-corrected chi connectivity index (χ1v) is 4.91. The molecule has 78 valence electrons. The number of hydrogen-bond acceptors (Lipinski definition) is 2. The van der Waals surface area contributed by atoms with E-state index in [2.05, 4.69) is 20.8 Å². The zero-order valence-corrected chi connectivity index (χ0v) is 9.61. The van der Waals surface area contributed by atoms with E-state index in [1.165, 1.54) is 0 Å². The van der Waals surface area contributed by atoms with Crippen LogP contribution in [-0.4, -0.2) is 11.3 Å². The highest BCUT2D eigenvalue weighted by atomic mass is 16.1. The van der Waals surface area contributed by atoms with Gasteiger partial charge in [-0.15, -0.1) is 0 Å². The summed E-state index contributed by atoms with van der Waals surface area (Å²) >= 11 is 0. The van der Waals surface area contributed by atoms with E-state index in [-0.39, 0.29) is 16.7 Å². The summed E-state index contributed by atoms with van der Waals surface area (Å²) in [7, 11) is 0. The van der Waals surface area contributed by atoms with Gasteiger partial charge in [-0.05, 0) is 25.7 Å². The second kappa shape index (κ2) is 4.23. The monoisotopic (exact) mass is 185 g/mol. The number of ketones is 1. The van der Waals surface area contributed by atoms with Gasteiger partial charge in [-0.2, -0.15) is 0 Å². The molecule has 0 aromatic carbocycles. The summed E-state index contributed by atoms with van der Waals surface area (Å²) in [6, 6.07) is 0. The molecule has 0 atom stereocenters. The Labute approximate surface area is 81.9 Å². The maximum atomic E-state index is 11.4. The molecule has 0 aliphatic rings. The molecule has 0 radical (unpaired) electrons. The Morgan fingerprint density at radius 2 is 1.62 bits per heavy atom. The van der Waals surface area contributed by atoms with Crippen molar-refractivity contribution in [1.29, 1.82) is 0 Å². The Bertz CT molecular complexity index is 172. The summed E-state index contributed by atoms with van der Waals surface area (Å²) in [4.78, 5) is 11.4. The number of carbonyl (C=O) groups is 1. The van der Waals surface area contributed by atoms with Crippen LogP contribution < -0.4 is 5.73 Å². The van der Waals surface area contributed by atoms with Gasteiger partial charge in [0.1, 0.15) is 5.78 Å². The van der Waals surface area contributed by atoms with Gasteiger partial charge in [-0.1, -0.05) is 20.8 Å². The van der Waals surface area contributed by atoms with Gasteiger partial charge in [0.2, 0.25) is 0 Å². The molecule has 0 unspecified atom stereocenters. The highest BCUT2D eigenvalue weighted by Gasteiger charge is 2.18. The van der Waals surface area contributed by atoms with Gasteiger partial charge < -0.3 is 5.73 Å². The van der Waals surface area contributed by atoms with Crippen LogP contribution in [-0.2, 0) is 4.79 Å². The van der Waals surface area contributed by atoms with Crippen LogP contribution in [0.5, 0.6) is 0 Å². The Morgan fingerprint density at radius 1 is 1.15 bits per heavy atom. The van der Waals surface area contributed by atoms with Crippen LogP contribution in [0, 0.1) is 5.41 Å². The van der Waals surface area contributed by atoms with Gasteiger partial charge in [0.25, 0.3) is 0 Å². The molecule has 2 N–H and O–H groups in total. The van der Waals surface area contributed by atoms with Crippen LogP contribution >= 0.6 is 0 Å². The standard InChI is InChI=1S/C11H23NO/c1-10(2,3)7-6-9(13)8-11(4,5)12/h6-8,12H2,1-5H3. The van der Waals surface area contributed by atoms with E-state index in [9.17, 15) is 4.79 Å². The van der Waals surface area contributed by atoms with E-state index >= 15 is 0 Å². The molecule has 0 amide bonds. The summed E-state index contributed by atoms with van der Waals surface area (Å²) in [5, 5.41) is 0. The molecular formula is C11H23NO. The fourth-order valence-corrected chi connectivity index (χ4v) is 1.11. The Balaban J connectivity index is 3.78. The summed E-state index contributed by atoms with van der Waals surface area (Å²) in [6.07, 6.45) is 2.09. The minimum absolute atomic E-state index is 0.244. The van der Waals surface area contributed by atoms with Crippen LogP contribution in [0.1, 0.15) is 53.9 Å². The van der Waals surface area contributed by atoms with Crippen molar-refractivity contribution in [3.05, 3.63) is 0 Å². The molecule has 13 heavy (non-hydrogen) atoms. The molecule has 0 saturated carbocycles. The number of rotatable bonds is 4. The first-order valence-electron chi connectivity index (χ1n) is 4.91. The molecule has 0 heterocycles. The number of hydrogen-bond donors (Lipinski definition) is 1. The van der Waals surface area contributed by atoms with E-state index in [0.717, 1.165) is 6.42 Å². The third-order valence-corrected chi connectivity index (χ3v) is 1.81. The molecular weight excluding hydrogens is 162 g/mol. The first kappa shape index (κ1) is 12.6. The van der Waals surface area contributed by atoms with Crippen molar-refractivity contribution in [2.45, 2.75) is 59.4 Å². The lowest BCUT2D eigenvalue weighted by Gasteiger charge is -2.20. The fourth-order valence-electron chi connectivity index (χ4n) is 1.11. The fraction of sp³-hybridized carbons (Fsp3) is 0.909. The van der Waals surface area contributed by atoms with Crippen LogP contribution in [0.2, 0.25) is 0 Å². The van der Waals surface area contributed by atoms with E-state index in [0.29, 0.717) is 12.8 Å². The van der Waals surface area contributed by atoms with Crippen molar-refractivity contribution in [3.8, 4) is 0 Å². The smallest absolute Gasteiger partial charge is 0.134 e. The Morgan fingerprint density at radius 3 is 1.92 bits per heavy atom. The minimum atomic E-state index is -0.352. The van der Waals surface area contributed by atoms with Gasteiger partial charge in [0, 0.05) is 18.4 Å². The molecule has 0 fully saturated rings. The van der Waals surface area contributed by atoms with E-state index < -0.39 is 0 Å². The van der Waals surface area contributed by atoms with Gasteiger partial charge in [-0.3, -0.25) is 4.79 Å². The van der Waals surface area contributed by atoms with E-state index in [1.54, 1.807) is 0 Å². The Hall–Kier alpha value is -0.370. The van der Waals surface area contributed by atoms with Gasteiger partial charge in [-0.25, -0.2) is 0 Å². The molecule has 2 heteroatoms. The number of Topliss-reactive ketones (excluding diaryl/α,β-unsaturated/α-hetero) is 1. The van der Waals surface area contributed by atoms with Crippen LogP contribution in [0.3, 0.4) is 0 Å². The zero-order valence-electron chi connectivity index (χ0n) is 9.61. The van der Waals surface area contributed by atoms with Gasteiger partial charge in [0.15, 0.2) is 0 Å². The molecule has 2 nitrogen and oxygen atoms in total. The highest BCUT2D eigenvalue weighted by Crippen LogP contribution is 2.21. The highest BCUT2D eigenvalue weighted by molar-refractivity contribution is 5.79. The predicted octanol–water partition coefficient (Wildman–Crippen LogP) is 2.51.